The first-order valence-electron chi connectivity index (χ1n) is 5.85. The molecule has 0 saturated carbocycles. The second-order valence-electron chi connectivity index (χ2n) is 4.10. The van der Waals surface area contributed by atoms with Crippen molar-refractivity contribution in [3.63, 3.8) is 0 Å². The van der Waals surface area contributed by atoms with Crippen molar-refractivity contribution in [3.8, 4) is 0 Å². The zero-order valence-electron chi connectivity index (χ0n) is 9.84. The van der Waals surface area contributed by atoms with Crippen molar-refractivity contribution >= 4 is 10.8 Å². The molecule has 2 aromatic heterocycles. The Balaban J connectivity index is 1.74. The number of fused-ring (bicyclic) bond motifs is 1. The van der Waals surface area contributed by atoms with Crippen LogP contribution in [-0.4, -0.2) is 10.1 Å². The van der Waals surface area contributed by atoms with E-state index in [4.69, 9.17) is 4.52 Å². The number of rotatable bonds is 4. The molecule has 0 aliphatic carbocycles. The predicted octanol–water partition coefficient (Wildman–Crippen LogP) is 2.51. The second-order valence-corrected chi connectivity index (χ2v) is 4.10. The highest BCUT2D eigenvalue weighted by molar-refractivity contribution is 5.84. The van der Waals surface area contributed by atoms with E-state index in [1.165, 1.54) is 10.9 Å². The SMILES string of the molecule is c1cc(CNCc2ccno2)c2ccncc2c1. The number of hydrogen-bond acceptors (Lipinski definition) is 4. The second kappa shape index (κ2) is 4.98. The predicted molar refractivity (Wildman–Crippen MR) is 68.8 cm³/mol. The molecular formula is C14H13N3O. The van der Waals surface area contributed by atoms with Crippen LogP contribution in [0.25, 0.3) is 10.8 Å². The highest BCUT2D eigenvalue weighted by atomic mass is 16.5. The topological polar surface area (TPSA) is 51.0 Å². The molecular weight excluding hydrogens is 226 g/mol. The summed E-state index contributed by atoms with van der Waals surface area (Å²) in [4.78, 5) is 4.13. The van der Waals surface area contributed by atoms with Crippen LogP contribution in [0.5, 0.6) is 0 Å². The number of nitrogens with one attached hydrogen (secondary N) is 1. The van der Waals surface area contributed by atoms with Crippen LogP contribution >= 0.6 is 0 Å². The van der Waals surface area contributed by atoms with E-state index in [9.17, 15) is 0 Å². The molecule has 0 aliphatic heterocycles. The molecule has 0 amide bonds. The Bertz CT molecular complexity index is 629. The third-order valence-corrected chi connectivity index (χ3v) is 2.88. The molecule has 0 spiro atoms. The molecule has 0 bridgehead atoms. The van der Waals surface area contributed by atoms with Gasteiger partial charge < -0.3 is 9.84 Å². The molecule has 4 heteroatoms. The Morgan fingerprint density at radius 1 is 1.06 bits per heavy atom. The van der Waals surface area contributed by atoms with Crippen molar-refractivity contribution < 1.29 is 4.52 Å². The molecule has 1 N–H and O–H groups in total. The summed E-state index contributed by atoms with van der Waals surface area (Å²) >= 11 is 0. The molecule has 0 radical (unpaired) electrons. The van der Waals surface area contributed by atoms with Gasteiger partial charge in [-0.2, -0.15) is 0 Å². The smallest absolute Gasteiger partial charge is 0.150 e. The van der Waals surface area contributed by atoms with Gasteiger partial charge in [-0.05, 0) is 17.0 Å². The normalized spacial score (nSPS) is 10.9. The molecule has 3 aromatic rings. The van der Waals surface area contributed by atoms with Gasteiger partial charge in [-0.3, -0.25) is 4.98 Å². The maximum absolute atomic E-state index is 5.04. The third kappa shape index (κ3) is 2.24. The average Bonchev–Trinajstić information content (AvgIpc) is 2.92. The number of hydrogen-bond donors (Lipinski definition) is 1. The molecule has 4 nitrogen and oxygen atoms in total. The van der Waals surface area contributed by atoms with Gasteiger partial charge in [-0.25, -0.2) is 0 Å². The van der Waals surface area contributed by atoms with Gasteiger partial charge in [0.2, 0.25) is 0 Å². The fraction of sp³-hybridized carbons (Fsp3) is 0.143. The minimum absolute atomic E-state index is 0.682. The lowest BCUT2D eigenvalue weighted by Gasteiger charge is -2.06. The van der Waals surface area contributed by atoms with E-state index in [1.807, 2.05) is 24.5 Å². The van der Waals surface area contributed by atoms with Gasteiger partial charge in [0, 0.05) is 30.4 Å². The first kappa shape index (κ1) is 10.9. The number of aromatic nitrogens is 2. The maximum Gasteiger partial charge on any atom is 0.150 e. The average molecular weight is 239 g/mol. The van der Waals surface area contributed by atoms with Crippen LogP contribution in [0.2, 0.25) is 0 Å². The van der Waals surface area contributed by atoms with Crippen molar-refractivity contribution in [3.05, 3.63) is 60.2 Å². The molecule has 1 aromatic carbocycles. The van der Waals surface area contributed by atoms with Gasteiger partial charge in [0.25, 0.3) is 0 Å². The van der Waals surface area contributed by atoms with E-state index in [-0.39, 0.29) is 0 Å². The zero-order chi connectivity index (χ0) is 12.2. The van der Waals surface area contributed by atoms with Crippen LogP contribution in [0.4, 0.5) is 0 Å². The first-order valence-corrected chi connectivity index (χ1v) is 5.85. The Morgan fingerprint density at radius 2 is 2.06 bits per heavy atom. The molecule has 90 valence electrons. The molecule has 18 heavy (non-hydrogen) atoms. The molecule has 0 saturated heterocycles. The first-order chi connectivity index (χ1) is 8.93. The standard InChI is InChI=1S/C14H13N3O/c1-2-11-8-15-6-5-14(11)12(3-1)9-16-10-13-4-7-17-18-13/h1-8,16H,9-10H2. The van der Waals surface area contributed by atoms with E-state index in [2.05, 4.69) is 33.7 Å². The van der Waals surface area contributed by atoms with E-state index in [1.54, 1.807) is 6.20 Å². The van der Waals surface area contributed by atoms with Crippen LogP contribution in [0.3, 0.4) is 0 Å². The molecule has 0 aliphatic rings. The lowest BCUT2D eigenvalue weighted by atomic mass is 10.1. The number of pyridine rings is 1. The van der Waals surface area contributed by atoms with Gasteiger partial charge in [-0.1, -0.05) is 23.4 Å². The Labute approximate surface area is 105 Å². The van der Waals surface area contributed by atoms with Crippen molar-refractivity contribution in [2.45, 2.75) is 13.1 Å². The Hall–Kier alpha value is -2.20. The third-order valence-electron chi connectivity index (χ3n) is 2.88. The van der Waals surface area contributed by atoms with E-state index < -0.39 is 0 Å². The molecule has 3 rings (SSSR count). The van der Waals surface area contributed by atoms with Crippen LogP contribution in [0.15, 0.2) is 53.4 Å². The Kier molecular flexibility index (Phi) is 3.02. The highest BCUT2D eigenvalue weighted by Crippen LogP contribution is 2.17. The summed E-state index contributed by atoms with van der Waals surface area (Å²) in [5.41, 5.74) is 1.26. The van der Waals surface area contributed by atoms with E-state index in [0.717, 1.165) is 17.7 Å². The van der Waals surface area contributed by atoms with Crippen molar-refractivity contribution in [2.24, 2.45) is 0 Å². The van der Waals surface area contributed by atoms with Crippen molar-refractivity contribution in [1.29, 1.82) is 0 Å². The Morgan fingerprint density at radius 3 is 2.94 bits per heavy atom. The van der Waals surface area contributed by atoms with Crippen LogP contribution in [0, 0.1) is 0 Å². The summed E-state index contributed by atoms with van der Waals surface area (Å²) in [6.45, 7) is 1.48. The van der Waals surface area contributed by atoms with Crippen LogP contribution < -0.4 is 5.32 Å². The van der Waals surface area contributed by atoms with E-state index in [0.29, 0.717) is 6.54 Å². The summed E-state index contributed by atoms with van der Waals surface area (Å²) < 4.78 is 5.04. The molecule has 0 unspecified atom stereocenters. The summed E-state index contributed by atoms with van der Waals surface area (Å²) in [5.74, 6) is 0.844. The fourth-order valence-corrected chi connectivity index (χ4v) is 2.00. The quantitative estimate of drug-likeness (QED) is 0.760. The largest absolute Gasteiger partial charge is 0.360 e. The molecule has 0 fully saturated rings. The van der Waals surface area contributed by atoms with Crippen LogP contribution in [-0.2, 0) is 13.1 Å². The van der Waals surface area contributed by atoms with Gasteiger partial charge in [0.05, 0.1) is 12.7 Å². The van der Waals surface area contributed by atoms with Gasteiger partial charge in [0.15, 0.2) is 0 Å². The van der Waals surface area contributed by atoms with Gasteiger partial charge >= 0.3 is 0 Å². The summed E-state index contributed by atoms with van der Waals surface area (Å²) in [5, 5.41) is 9.41. The molecule has 0 atom stereocenters. The summed E-state index contributed by atoms with van der Waals surface area (Å²) in [6.07, 6.45) is 5.36. The number of nitrogens with zero attached hydrogens (tertiary/aromatic N) is 2. The molecule has 2 heterocycles. The van der Waals surface area contributed by atoms with Crippen LogP contribution in [0.1, 0.15) is 11.3 Å². The maximum atomic E-state index is 5.04. The summed E-state index contributed by atoms with van der Waals surface area (Å²) in [7, 11) is 0. The highest BCUT2D eigenvalue weighted by Gasteiger charge is 2.01. The van der Waals surface area contributed by atoms with Gasteiger partial charge in [0.1, 0.15) is 5.76 Å². The lowest BCUT2D eigenvalue weighted by molar-refractivity contribution is 0.373. The fourth-order valence-electron chi connectivity index (χ4n) is 2.00. The monoisotopic (exact) mass is 239 g/mol. The zero-order valence-corrected chi connectivity index (χ0v) is 9.84. The van der Waals surface area contributed by atoms with E-state index >= 15 is 0 Å². The van der Waals surface area contributed by atoms with Crippen molar-refractivity contribution in [2.75, 3.05) is 0 Å². The minimum atomic E-state index is 0.682. The number of benzene rings is 1. The summed E-state index contributed by atoms with van der Waals surface area (Å²) in [6, 6.07) is 10.1. The van der Waals surface area contributed by atoms with Crippen molar-refractivity contribution in [1.82, 2.24) is 15.5 Å². The van der Waals surface area contributed by atoms with Gasteiger partial charge in [-0.15, -0.1) is 0 Å². The lowest BCUT2D eigenvalue weighted by Crippen LogP contribution is -2.12. The minimum Gasteiger partial charge on any atom is -0.360 e.